The SMILES string of the molecule is O=C(NC[C@H](c1ccccc1)c1c[nH]c2ccccc12)C1CCCCC1. The minimum Gasteiger partial charge on any atom is -0.361 e. The molecule has 1 aliphatic rings. The Labute approximate surface area is 154 Å². The predicted octanol–water partition coefficient (Wildman–Crippen LogP) is 5.00. The zero-order valence-electron chi connectivity index (χ0n) is 15.1. The van der Waals surface area contributed by atoms with Crippen molar-refractivity contribution >= 4 is 16.8 Å². The summed E-state index contributed by atoms with van der Waals surface area (Å²) in [7, 11) is 0. The fraction of sp³-hybridized carbons (Fsp3) is 0.348. The summed E-state index contributed by atoms with van der Waals surface area (Å²) >= 11 is 0. The molecule has 1 fully saturated rings. The number of hydrogen-bond acceptors (Lipinski definition) is 1. The number of aromatic nitrogens is 1. The summed E-state index contributed by atoms with van der Waals surface area (Å²) in [5, 5.41) is 4.48. The molecule has 1 saturated carbocycles. The molecule has 3 heteroatoms. The third-order valence-corrected chi connectivity index (χ3v) is 5.65. The van der Waals surface area contributed by atoms with Crippen LogP contribution < -0.4 is 5.32 Å². The first-order valence-corrected chi connectivity index (χ1v) is 9.71. The Morgan fingerprint density at radius 3 is 2.54 bits per heavy atom. The lowest BCUT2D eigenvalue weighted by atomic mass is 9.87. The molecule has 0 spiro atoms. The molecule has 1 aromatic heterocycles. The molecular formula is C23H26N2O. The maximum Gasteiger partial charge on any atom is 0.223 e. The molecule has 0 bridgehead atoms. The molecule has 3 aromatic rings. The summed E-state index contributed by atoms with van der Waals surface area (Å²) < 4.78 is 0. The second kappa shape index (κ2) is 7.77. The lowest BCUT2D eigenvalue weighted by molar-refractivity contribution is -0.125. The lowest BCUT2D eigenvalue weighted by Gasteiger charge is -2.23. The van der Waals surface area contributed by atoms with Gasteiger partial charge in [0, 0.05) is 35.5 Å². The van der Waals surface area contributed by atoms with Crippen LogP contribution in [0.4, 0.5) is 0 Å². The quantitative estimate of drug-likeness (QED) is 0.671. The van der Waals surface area contributed by atoms with Gasteiger partial charge in [0.2, 0.25) is 5.91 Å². The highest BCUT2D eigenvalue weighted by Gasteiger charge is 2.23. The predicted molar refractivity (Wildman–Crippen MR) is 106 cm³/mol. The van der Waals surface area contributed by atoms with Gasteiger partial charge >= 0.3 is 0 Å². The van der Waals surface area contributed by atoms with Crippen LogP contribution in [0.2, 0.25) is 0 Å². The summed E-state index contributed by atoms with van der Waals surface area (Å²) in [4.78, 5) is 16.0. The molecule has 1 aliphatic carbocycles. The second-order valence-corrected chi connectivity index (χ2v) is 7.33. The van der Waals surface area contributed by atoms with E-state index < -0.39 is 0 Å². The van der Waals surface area contributed by atoms with E-state index in [-0.39, 0.29) is 17.7 Å². The molecule has 0 unspecified atom stereocenters. The molecule has 1 amide bonds. The molecular weight excluding hydrogens is 320 g/mol. The van der Waals surface area contributed by atoms with Gasteiger partial charge in [0.05, 0.1) is 0 Å². The number of carbonyl (C=O) groups excluding carboxylic acids is 1. The zero-order chi connectivity index (χ0) is 17.8. The Morgan fingerprint density at radius 1 is 1.00 bits per heavy atom. The lowest BCUT2D eigenvalue weighted by Crippen LogP contribution is -2.35. The Balaban J connectivity index is 1.58. The van der Waals surface area contributed by atoms with Gasteiger partial charge in [-0.3, -0.25) is 4.79 Å². The number of fused-ring (bicyclic) bond motifs is 1. The van der Waals surface area contributed by atoms with Gasteiger partial charge in [-0.25, -0.2) is 0 Å². The summed E-state index contributed by atoms with van der Waals surface area (Å²) in [5.41, 5.74) is 3.62. The first kappa shape index (κ1) is 16.9. The number of benzene rings is 2. The van der Waals surface area contributed by atoms with Crippen LogP contribution in [-0.2, 0) is 4.79 Å². The Morgan fingerprint density at radius 2 is 1.73 bits per heavy atom. The van der Waals surface area contributed by atoms with E-state index in [0.29, 0.717) is 6.54 Å². The van der Waals surface area contributed by atoms with E-state index in [1.54, 1.807) is 0 Å². The summed E-state index contributed by atoms with van der Waals surface area (Å²) in [6, 6.07) is 18.9. The maximum atomic E-state index is 12.6. The van der Waals surface area contributed by atoms with E-state index >= 15 is 0 Å². The van der Waals surface area contributed by atoms with Crippen molar-refractivity contribution in [1.82, 2.24) is 10.3 Å². The van der Waals surface area contributed by atoms with Crippen LogP contribution in [0, 0.1) is 5.92 Å². The van der Waals surface area contributed by atoms with Crippen molar-refractivity contribution in [2.75, 3.05) is 6.54 Å². The van der Waals surface area contributed by atoms with Gasteiger partial charge in [-0.1, -0.05) is 67.8 Å². The monoisotopic (exact) mass is 346 g/mol. The smallest absolute Gasteiger partial charge is 0.223 e. The van der Waals surface area contributed by atoms with E-state index in [4.69, 9.17) is 0 Å². The number of para-hydroxylation sites is 1. The van der Waals surface area contributed by atoms with E-state index in [9.17, 15) is 4.79 Å². The van der Waals surface area contributed by atoms with Gasteiger partial charge in [-0.05, 0) is 30.0 Å². The fourth-order valence-corrected chi connectivity index (χ4v) is 4.19. The maximum absolute atomic E-state index is 12.6. The van der Waals surface area contributed by atoms with Gasteiger partial charge in [0.15, 0.2) is 0 Å². The van der Waals surface area contributed by atoms with E-state index in [2.05, 4.69) is 59.0 Å². The van der Waals surface area contributed by atoms with Crippen LogP contribution in [0.15, 0.2) is 60.8 Å². The van der Waals surface area contributed by atoms with Crippen molar-refractivity contribution in [3.05, 3.63) is 71.9 Å². The third-order valence-electron chi connectivity index (χ3n) is 5.65. The van der Waals surface area contributed by atoms with E-state index in [1.807, 2.05) is 12.1 Å². The van der Waals surface area contributed by atoms with Gasteiger partial charge in [0.1, 0.15) is 0 Å². The van der Waals surface area contributed by atoms with Crippen LogP contribution in [0.5, 0.6) is 0 Å². The molecule has 0 saturated heterocycles. The highest BCUT2D eigenvalue weighted by atomic mass is 16.1. The van der Waals surface area contributed by atoms with Gasteiger partial charge < -0.3 is 10.3 Å². The molecule has 1 heterocycles. The topological polar surface area (TPSA) is 44.9 Å². The van der Waals surface area contributed by atoms with Crippen LogP contribution in [0.3, 0.4) is 0 Å². The summed E-state index contributed by atoms with van der Waals surface area (Å²) in [6.07, 6.45) is 7.80. The van der Waals surface area contributed by atoms with Crippen molar-refractivity contribution in [2.24, 2.45) is 5.92 Å². The van der Waals surface area contributed by atoms with Crippen molar-refractivity contribution in [2.45, 2.75) is 38.0 Å². The van der Waals surface area contributed by atoms with Gasteiger partial charge in [-0.15, -0.1) is 0 Å². The molecule has 26 heavy (non-hydrogen) atoms. The first-order valence-electron chi connectivity index (χ1n) is 9.71. The molecule has 0 aliphatic heterocycles. The van der Waals surface area contributed by atoms with E-state index in [1.165, 1.54) is 35.8 Å². The van der Waals surface area contributed by atoms with E-state index in [0.717, 1.165) is 18.4 Å². The summed E-state index contributed by atoms with van der Waals surface area (Å²) in [5.74, 6) is 0.577. The second-order valence-electron chi connectivity index (χ2n) is 7.33. The zero-order valence-corrected chi connectivity index (χ0v) is 15.1. The normalized spacial score (nSPS) is 16.5. The minimum absolute atomic E-state index is 0.153. The van der Waals surface area contributed by atoms with Crippen LogP contribution in [0.1, 0.15) is 49.1 Å². The molecule has 4 rings (SSSR count). The number of carbonyl (C=O) groups is 1. The molecule has 3 nitrogen and oxygen atoms in total. The Bertz CT molecular complexity index is 862. The third kappa shape index (κ3) is 3.52. The molecule has 134 valence electrons. The average Bonchev–Trinajstić information content (AvgIpc) is 3.14. The number of amides is 1. The van der Waals surface area contributed by atoms with Crippen molar-refractivity contribution in [1.29, 1.82) is 0 Å². The number of nitrogens with one attached hydrogen (secondary N) is 2. The highest BCUT2D eigenvalue weighted by Crippen LogP contribution is 2.31. The Kier molecular flexibility index (Phi) is 5.05. The van der Waals surface area contributed by atoms with Gasteiger partial charge in [0.25, 0.3) is 0 Å². The fourth-order valence-electron chi connectivity index (χ4n) is 4.19. The number of aromatic amines is 1. The van der Waals surface area contributed by atoms with Crippen LogP contribution in [-0.4, -0.2) is 17.4 Å². The average molecular weight is 346 g/mol. The van der Waals surface area contributed by atoms with Gasteiger partial charge in [-0.2, -0.15) is 0 Å². The molecule has 1 atom stereocenters. The molecule has 2 aromatic carbocycles. The van der Waals surface area contributed by atoms with Crippen molar-refractivity contribution in [3.63, 3.8) is 0 Å². The minimum atomic E-state index is 0.153. The number of rotatable bonds is 5. The van der Waals surface area contributed by atoms with Crippen molar-refractivity contribution < 1.29 is 4.79 Å². The van der Waals surface area contributed by atoms with Crippen LogP contribution >= 0.6 is 0 Å². The number of hydrogen-bond donors (Lipinski definition) is 2. The molecule has 0 radical (unpaired) electrons. The molecule has 2 N–H and O–H groups in total. The standard InChI is InChI=1S/C23H26N2O/c26-23(18-11-5-2-6-12-18)25-15-20(17-9-3-1-4-10-17)21-16-24-22-14-8-7-13-19(21)22/h1,3-4,7-10,13-14,16,18,20,24H,2,5-6,11-12,15H2,(H,25,26)/t20-/m1/s1. The Hall–Kier alpha value is -2.55. The summed E-state index contributed by atoms with van der Waals surface area (Å²) in [6.45, 7) is 0.640. The van der Waals surface area contributed by atoms with Crippen molar-refractivity contribution in [3.8, 4) is 0 Å². The highest BCUT2D eigenvalue weighted by molar-refractivity contribution is 5.84. The first-order chi connectivity index (χ1) is 12.8. The number of H-pyrrole nitrogens is 1. The largest absolute Gasteiger partial charge is 0.361 e. The van der Waals surface area contributed by atoms with Crippen LogP contribution in [0.25, 0.3) is 10.9 Å².